The van der Waals surface area contributed by atoms with E-state index in [1.165, 1.54) is 9.80 Å². The number of carbonyl (C=O) groups excluding carboxylic acids is 4. The second-order valence-corrected chi connectivity index (χ2v) is 24.2. The Kier molecular flexibility index (Phi) is 36.1. The van der Waals surface area contributed by atoms with E-state index in [0.29, 0.717) is 69.9 Å². The zero-order valence-electron chi connectivity index (χ0n) is 52.1. The molecule has 0 aromatic heterocycles. The number of unbranched alkanes of at least 4 members (excludes halogenated alkanes) is 4. The molecule has 0 saturated carbocycles. The number of hydrogen-bond acceptors (Lipinski definition) is 19. The summed E-state index contributed by atoms with van der Waals surface area (Å²) in [6.45, 7) is 27.6. The fourth-order valence-corrected chi connectivity index (χ4v) is 8.50. The molecule has 4 rings (SSSR count). The number of ether oxygens (including phenoxy) is 3. The maximum atomic E-state index is 12.6. The lowest BCUT2D eigenvalue weighted by Gasteiger charge is -2.39. The van der Waals surface area contributed by atoms with Crippen molar-refractivity contribution in [2.75, 3.05) is 52.6 Å². The minimum atomic E-state index is -5.08. The van der Waals surface area contributed by atoms with Crippen molar-refractivity contribution in [2.45, 2.75) is 264 Å². The van der Waals surface area contributed by atoms with Crippen LogP contribution in [-0.4, -0.2) is 196 Å². The normalized spacial score (nSPS) is 23.0. The Morgan fingerprint density at radius 2 is 0.774 bits per heavy atom. The van der Waals surface area contributed by atoms with Gasteiger partial charge in [-0.1, -0.05) is 53.4 Å². The highest BCUT2D eigenvalue weighted by molar-refractivity contribution is 5.87. The first-order valence-electron chi connectivity index (χ1n) is 29.7. The van der Waals surface area contributed by atoms with E-state index >= 15 is 0 Å². The average Bonchev–Trinajstić information content (AvgIpc) is 3.20. The van der Waals surface area contributed by atoms with Crippen molar-refractivity contribution in [2.24, 2.45) is 0 Å². The predicted molar refractivity (Wildman–Crippen MR) is 304 cm³/mol. The van der Waals surface area contributed by atoms with E-state index in [-0.39, 0.29) is 37.6 Å². The number of esters is 1. The van der Waals surface area contributed by atoms with Crippen LogP contribution < -0.4 is 27.2 Å². The molecule has 3 amide bonds. The Hall–Kier alpha value is -4.68. The number of rotatable bonds is 24. The minimum Gasteiger partial charge on any atom is -0.480 e. The molecule has 0 aromatic rings. The number of nitrogens with zero attached hydrogens (tertiary/aromatic N) is 3. The lowest BCUT2D eigenvalue weighted by atomic mass is 9.98. The quantitative estimate of drug-likeness (QED) is 0.0202. The molecule has 4 aliphatic heterocycles. The maximum Gasteiger partial charge on any atom is 0.471 e. The summed E-state index contributed by atoms with van der Waals surface area (Å²) >= 11 is 0. The number of amides is 3. The van der Waals surface area contributed by atoms with Gasteiger partial charge in [-0.15, -0.1) is 0 Å². The van der Waals surface area contributed by atoms with Gasteiger partial charge in [0.2, 0.25) is 0 Å². The van der Waals surface area contributed by atoms with E-state index in [1.807, 2.05) is 27.7 Å². The number of halogens is 3. The van der Waals surface area contributed by atoms with Gasteiger partial charge >= 0.3 is 48.1 Å². The molecule has 0 spiro atoms. The molecule has 4 fully saturated rings. The first kappa shape index (κ1) is 77.3. The molecule has 8 atom stereocenters. The van der Waals surface area contributed by atoms with Gasteiger partial charge in [-0.3, -0.25) is 19.4 Å². The van der Waals surface area contributed by atoms with Gasteiger partial charge in [0.1, 0.15) is 41.0 Å². The van der Waals surface area contributed by atoms with Crippen molar-refractivity contribution in [3.63, 3.8) is 0 Å². The van der Waals surface area contributed by atoms with Gasteiger partial charge in [-0.25, -0.2) is 24.0 Å². The number of carboxylic acid groups (broad SMARTS) is 3. The number of piperidine rings is 4. The molecule has 84 heavy (non-hydrogen) atoms. The van der Waals surface area contributed by atoms with Crippen LogP contribution in [-0.2, 0) is 57.5 Å². The van der Waals surface area contributed by atoms with Gasteiger partial charge in [0.25, 0.3) is 0 Å². The topological polar surface area (TPSA) is 315 Å². The number of nitrogens with one attached hydrogen (secondary N) is 5. The third-order valence-corrected chi connectivity index (χ3v) is 12.9. The zero-order chi connectivity index (χ0) is 63.8. The summed E-state index contributed by atoms with van der Waals surface area (Å²) < 4.78 is 53.8. The molecule has 28 heteroatoms. The number of aliphatic carboxylic acids is 3. The Bertz CT molecular complexity index is 1950. The largest absolute Gasteiger partial charge is 0.480 e. The Morgan fingerprint density at radius 1 is 0.452 bits per heavy atom. The fraction of sp³-hybridized carbons (Fsp3) is 0.875. The molecule has 4 aliphatic rings. The molecule has 25 nitrogen and oxygen atoms in total. The van der Waals surface area contributed by atoms with Gasteiger partial charge in [0.05, 0.1) is 38.5 Å². The van der Waals surface area contributed by atoms with Crippen LogP contribution in [0, 0.1) is 0 Å². The molecule has 0 unspecified atom stereocenters. The molecule has 490 valence electrons. The Balaban J connectivity index is 0.000000569. The van der Waals surface area contributed by atoms with E-state index in [0.717, 1.165) is 70.8 Å². The van der Waals surface area contributed by atoms with E-state index in [4.69, 9.17) is 43.8 Å². The van der Waals surface area contributed by atoms with E-state index in [1.54, 1.807) is 41.5 Å². The molecule has 8 N–H and O–H groups in total. The van der Waals surface area contributed by atoms with E-state index in [9.17, 15) is 51.8 Å². The highest BCUT2D eigenvalue weighted by Gasteiger charge is 2.48. The van der Waals surface area contributed by atoms with Crippen molar-refractivity contribution >= 4 is 42.0 Å². The van der Waals surface area contributed by atoms with Crippen LogP contribution in [0.3, 0.4) is 0 Å². The summed E-state index contributed by atoms with van der Waals surface area (Å²) in [6, 6.07) is -3.73. The van der Waals surface area contributed by atoms with Crippen LogP contribution in [0.2, 0.25) is 0 Å². The number of carboxylic acids is 3. The van der Waals surface area contributed by atoms with Crippen LogP contribution in [0.1, 0.15) is 193 Å². The lowest BCUT2D eigenvalue weighted by Crippen LogP contribution is -2.58. The van der Waals surface area contributed by atoms with Gasteiger partial charge in [-0.2, -0.15) is 35.1 Å². The molecule has 0 radical (unpaired) electrons. The summed E-state index contributed by atoms with van der Waals surface area (Å²) in [7, 11) is 0. The van der Waals surface area contributed by atoms with Crippen LogP contribution in [0.5, 0.6) is 0 Å². The Labute approximate surface area is 494 Å². The minimum absolute atomic E-state index is 0.0435. The molecule has 0 bridgehead atoms. The van der Waals surface area contributed by atoms with E-state index in [2.05, 4.69) is 48.0 Å². The number of hydroxylamine groups is 4. The van der Waals surface area contributed by atoms with Crippen molar-refractivity contribution in [1.29, 1.82) is 0 Å². The highest BCUT2D eigenvalue weighted by atomic mass is 19.4. The van der Waals surface area contributed by atoms with Crippen LogP contribution in [0.4, 0.5) is 22.8 Å². The summed E-state index contributed by atoms with van der Waals surface area (Å²) in [6.07, 6.45) is 5.71. The van der Waals surface area contributed by atoms with E-state index < -0.39 is 95.2 Å². The van der Waals surface area contributed by atoms with Crippen LogP contribution in [0.25, 0.3) is 0 Å². The van der Waals surface area contributed by atoms with Crippen molar-refractivity contribution in [3.8, 4) is 0 Å². The summed E-state index contributed by atoms with van der Waals surface area (Å²) in [5, 5.41) is 30.0. The third-order valence-electron chi connectivity index (χ3n) is 12.9. The summed E-state index contributed by atoms with van der Waals surface area (Å²) in [5.41, 5.74) is 9.60. The van der Waals surface area contributed by atoms with Gasteiger partial charge in [0.15, 0.2) is 0 Å². The van der Waals surface area contributed by atoms with Gasteiger partial charge in [0, 0.05) is 38.3 Å². The summed E-state index contributed by atoms with van der Waals surface area (Å²) in [4.78, 5) is 106. The average molecular weight is 1220 g/mol. The number of carbonyl (C=O) groups is 7. The number of hydrogen-bond donors (Lipinski definition) is 8. The molecular formula is C56H103F3N8O17. The first-order chi connectivity index (χ1) is 39.2. The first-order valence-corrected chi connectivity index (χ1v) is 29.7. The molecule has 0 aliphatic carbocycles. The maximum absolute atomic E-state index is 12.6. The molecule has 4 saturated heterocycles. The van der Waals surface area contributed by atoms with Crippen molar-refractivity contribution in [3.05, 3.63) is 0 Å². The van der Waals surface area contributed by atoms with Crippen LogP contribution in [0.15, 0.2) is 0 Å². The molecule has 0 aromatic carbocycles. The lowest BCUT2D eigenvalue weighted by molar-refractivity contribution is -0.192. The predicted octanol–water partition coefficient (Wildman–Crippen LogP) is 7.41. The third kappa shape index (κ3) is 32.7. The summed E-state index contributed by atoms with van der Waals surface area (Å²) in [5.74, 6) is -5.72. The molecule has 4 heterocycles. The molecular weight excluding hydrogens is 1110 g/mol. The monoisotopic (exact) mass is 1220 g/mol. The fourth-order valence-electron chi connectivity index (χ4n) is 8.50. The van der Waals surface area contributed by atoms with Crippen LogP contribution >= 0.6 is 0 Å². The zero-order valence-corrected chi connectivity index (χ0v) is 52.1. The Morgan fingerprint density at radius 3 is 1.08 bits per heavy atom. The number of likely N-dealkylation sites (tertiary alicyclic amines) is 3. The SMILES string of the molecule is CCCCON[C@@H]1CC[C@@H](C(=O)O)N(C(=O)C(F)(F)F)C1.CCCCON[C@@H]1CC[C@@H](C(=O)O)N(C(=O)OC(C)(C)C)C1.CCCCON[C@@H]1CC[C@@H](C(=O)O)NC1.CCCCON[C@@H]1CC[C@@H](C(=O)OC(C)(C)C)N(C(=O)OC(C)(C)C)C1. The van der Waals surface area contributed by atoms with Crippen molar-refractivity contribution in [1.82, 2.24) is 41.9 Å². The highest BCUT2D eigenvalue weighted by Crippen LogP contribution is 2.27. The standard InChI is InChI=1S/C19H36N2O5.C15H28N2O5.C12H19F3N2O4.C10H20N2O3/c1-8-9-12-24-20-14-10-11-15(16(22)25-18(2,3)4)21(13-14)17(23)26-19(5,6)7;1-5-6-9-21-16-11-7-8-12(13(18)19)17(10-11)14(20)22-15(2,3)4;1-2-3-6-21-16-8-4-5-9(10(18)19)17(7-8)11(20)12(13,14)15;1-2-3-6-15-12-8-4-5-9(10(13)14)11-7-8/h14-15,20H,8-13H2,1-7H3;11-12,16H,5-10H2,1-4H3,(H,18,19);8-9,16H,2-7H2,1H3,(H,18,19);8-9,11-12H,2-7H2,1H3,(H,13,14)/t14-,15+;11-,12+;2*8-,9+/m1111/s1. The van der Waals surface area contributed by atoms with Gasteiger partial charge in [-0.05, 0) is 139 Å². The van der Waals surface area contributed by atoms with Crippen molar-refractivity contribution < 1.29 is 95.6 Å². The van der Waals surface area contributed by atoms with Gasteiger partial charge < -0.3 is 59.1 Å². The number of alkyl halides is 3. The smallest absolute Gasteiger partial charge is 0.471 e. The second kappa shape index (κ2) is 39.2. The second-order valence-electron chi connectivity index (χ2n) is 24.2.